The van der Waals surface area contributed by atoms with Gasteiger partial charge in [-0.1, -0.05) is 24.8 Å². The maximum absolute atomic E-state index is 15.1. The summed E-state index contributed by atoms with van der Waals surface area (Å²) in [5.41, 5.74) is 0.00756. The third-order valence-electron chi connectivity index (χ3n) is 8.27. The number of fused-ring (bicyclic) bond motifs is 1. The first-order valence-corrected chi connectivity index (χ1v) is 14.9. The number of piperazine rings is 1. The van der Waals surface area contributed by atoms with E-state index in [1.807, 2.05) is 24.8 Å². The second kappa shape index (κ2) is 10.7. The van der Waals surface area contributed by atoms with Crippen molar-refractivity contribution in [2.24, 2.45) is 7.05 Å². The Kier molecular flexibility index (Phi) is 7.28. The van der Waals surface area contributed by atoms with Gasteiger partial charge in [0.1, 0.15) is 5.82 Å². The SMILES string of the molecule is C=CC(=O)N1[C@H](C)CN(c2nc(=O)n3c4c(c(-c5cccc6cnn(C)c56)c(C(F)(F)F)cc24)SC[C@@H]3COC)C[C@H]1C. The molecule has 1 amide bonds. The van der Waals surface area contributed by atoms with Crippen molar-refractivity contribution in [2.45, 2.75) is 43.0 Å². The summed E-state index contributed by atoms with van der Waals surface area (Å²) in [4.78, 5) is 34.6. The molecule has 0 bridgehead atoms. The Hall–Kier alpha value is -3.84. The molecule has 0 radical (unpaired) electrons. The molecule has 0 unspecified atom stereocenters. The number of para-hydroxylation sites is 1. The van der Waals surface area contributed by atoms with Crippen molar-refractivity contribution in [1.82, 2.24) is 24.2 Å². The van der Waals surface area contributed by atoms with Gasteiger partial charge >= 0.3 is 11.9 Å². The van der Waals surface area contributed by atoms with Crippen LogP contribution in [0.1, 0.15) is 25.5 Å². The van der Waals surface area contributed by atoms with Crippen molar-refractivity contribution in [2.75, 3.05) is 37.5 Å². The van der Waals surface area contributed by atoms with E-state index >= 15 is 13.2 Å². The molecule has 0 N–H and O–H groups in total. The van der Waals surface area contributed by atoms with Crippen LogP contribution < -0.4 is 10.6 Å². The molecule has 0 spiro atoms. The molecule has 4 heterocycles. The molecule has 1 fully saturated rings. The van der Waals surface area contributed by atoms with Crippen LogP contribution in [0.5, 0.6) is 0 Å². The van der Waals surface area contributed by atoms with Gasteiger partial charge in [0.05, 0.1) is 35.4 Å². The van der Waals surface area contributed by atoms with Crippen molar-refractivity contribution in [3.05, 3.63) is 59.2 Å². The van der Waals surface area contributed by atoms with Gasteiger partial charge in [-0.05, 0) is 26.0 Å². The van der Waals surface area contributed by atoms with E-state index in [0.29, 0.717) is 32.6 Å². The lowest BCUT2D eigenvalue weighted by Crippen LogP contribution is -2.58. The summed E-state index contributed by atoms with van der Waals surface area (Å²) in [6.45, 7) is 8.09. The van der Waals surface area contributed by atoms with Crippen LogP contribution in [0.25, 0.3) is 32.9 Å². The lowest BCUT2D eigenvalue weighted by atomic mass is 9.94. The van der Waals surface area contributed by atoms with Gasteiger partial charge in [0, 0.05) is 71.9 Å². The summed E-state index contributed by atoms with van der Waals surface area (Å²) in [7, 11) is 3.22. The largest absolute Gasteiger partial charge is 0.417 e. The molecule has 2 aliphatic heterocycles. The third-order valence-corrected chi connectivity index (χ3v) is 9.51. The second-order valence-corrected chi connectivity index (χ2v) is 12.1. The minimum atomic E-state index is -4.71. The molecular weight excluding hydrogens is 581 g/mol. The number of halogens is 3. The highest BCUT2D eigenvalue weighted by Gasteiger charge is 2.41. The molecule has 2 aromatic carbocycles. The average molecular weight is 613 g/mol. The Labute approximate surface area is 249 Å². The Morgan fingerprint density at radius 1 is 1.21 bits per heavy atom. The number of hydrogen-bond acceptors (Lipinski definition) is 7. The number of ether oxygens (including phenoxy) is 1. The number of benzene rings is 2. The molecule has 13 heteroatoms. The highest BCUT2D eigenvalue weighted by molar-refractivity contribution is 7.99. The Bertz CT molecular complexity index is 1820. The molecular formula is C30H31F3N6O3S. The number of carbonyl (C=O) groups is 1. The molecule has 3 atom stereocenters. The number of rotatable bonds is 5. The van der Waals surface area contributed by atoms with Crippen molar-refractivity contribution in [1.29, 1.82) is 0 Å². The van der Waals surface area contributed by atoms with Gasteiger partial charge in [0.15, 0.2) is 0 Å². The van der Waals surface area contributed by atoms with Crippen molar-refractivity contribution in [3.63, 3.8) is 0 Å². The normalized spacial score (nSPS) is 20.7. The highest BCUT2D eigenvalue weighted by Crippen LogP contribution is 2.51. The fourth-order valence-corrected chi connectivity index (χ4v) is 7.92. The Morgan fingerprint density at radius 2 is 1.93 bits per heavy atom. The minimum Gasteiger partial charge on any atom is -0.383 e. The van der Waals surface area contributed by atoms with Crippen LogP contribution in [-0.2, 0) is 22.8 Å². The molecule has 2 aliphatic rings. The van der Waals surface area contributed by atoms with Gasteiger partial charge in [0.25, 0.3) is 0 Å². The number of anilines is 1. The van der Waals surface area contributed by atoms with Crippen LogP contribution in [0.15, 0.2) is 52.8 Å². The van der Waals surface area contributed by atoms with E-state index in [9.17, 15) is 9.59 Å². The zero-order chi connectivity index (χ0) is 30.8. The zero-order valence-corrected chi connectivity index (χ0v) is 25.0. The minimum absolute atomic E-state index is 0.0171. The molecule has 6 rings (SSSR count). The number of thioether (sulfide) groups is 1. The standard InChI is InChI=1S/C30H31F3N6O3S/c1-6-23(40)38-16(2)12-37(13-17(38)3)28-21-10-22(30(31,32)33)24(20-9-7-8-18-11-34-36(4)25(18)20)27-26(21)39(29(41)35-28)19(14-42-5)15-43-27/h6-11,16-17,19H,1,12-15H2,2-5H3/t16-,17-,19+/m1/s1. The maximum atomic E-state index is 15.1. The van der Waals surface area contributed by atoms with Crippen molar-refractivity contribution in [3.8, 4) is 11.1 Å². The van der Waals surface area contributed by atoms with E-state index in [2.05, 4.69) is 16.7 Å². The smallest absolute Gasteiger partial charge is 0.383 e. The van der Waals surface area contributed by atoms with Crippen LogP contribution in [0, 0.1) is 0 Å². The summed E-state index contributed by atoms with van der Waals surface area (Å²) in [5.74, 6) is 0.288. The molecule has 43 heavy (non-hydrogen) atoms. The molecule has 1 saturated heterocycles. The average Bonchev–Trinajstić information content (AvgIpc) is 3.34. The number of amides is 1. The molecule has 2 aromatic heterocycles. The van der Waals surface area contributed by atoms with E-state index in [0.717, 1.165) is 6.07 Å². The van der Waals surface area contributed by atoms with E-state index in [1.54, 1.807) is 35.0 Å². The fourth-order valence-electron chi connectivity index (χ4n) is 6.61. The van der Waals surface area contributed by atoms with Gasteiger partial charge in [-0.3, -0.25) is 14.0 Å². The predicted octanol–water partition coefficient (Wildman–Crippen LogP) is 4.87. The van der Waals surface area contributed by atoms with Gasteiger partial charge < -0.3 is 14.5 Å². The quantitative estimate of drug-likeness (QED) is 0.297. The summed E-state index contributed by atoms with van der Waals surface area (Å²) >= 11 is 1.29. The molecule has 226 valence electrons. The maximum Gasteiger partial charge on any atom is 0.417 e. The number of methoxy groups -OCH3 is 1. The Morgan fingerprint density at radius 3 is 2.58 bits per heavy atom. The molecule has 0 aliphatic carbocycles. The summed E-state index contributed by atoms with van der Waals surface area (Å²) < 4.78 is 53.7. The van der Waals surface area contributed by atoms with Gasteiger partial charge in [-0.15, -0.1) is 11.8 Å². The first-order chi connectivity index (χ1) is 20.5. The molecule has 9 nitrogen and oxygen atoms in total. The first kappa shape index (κ1) is 29.2. The number of hydrogen-bond donors (Lipinski definition) is 0. The van der Waals surface area contributed by atoms with E-state index in [4.69, 9.17) is 4.74 Å². The lowest BCUT2D eigenvalue weighted by Gasteiger charge is -2.45. The van der Waals surface area contributed by atoms with Gasteiger partial charge in [0.2, 0.25) is 5.91 Å². The fraction of sp³-hybridized carbons (Fsp3) is 0.400. The zero-order valence-electron chi connectivity index (χ0n) is 24.2. The van der Waals surface area contributed by atoms with Crippen molar-refractivity contribution < 1.29 is 22.7 Å². The van der Waals surface area contributed by atoms with Crippen LogP contribution in [0.4, 0.5) is 19.0 Å². The molecule has 0 saturated carbocycles. The van der Waals surface area contributed by atoms with Gasteiger partial charge in [-0.2, -0.15) is 23.3 Å². The third kappa shape index (κ3) is 4.69. The predicted molar refractivity (Wildman–Crippen MR) is 161 cm³/mol. The number of aryl methyl sites for hydroxylation is 1. The van der Waals surface area contributed by atoms with Crippen molar-refractivity contribution >= 4 is 45.3 Å². The van der Waals surface area contributed by atoms with Crippen LogP contribution in [0.3, 0.4) is 0 Å². The van der Waals surface area contributed by atoms with Crippen LogP contribution >= 0.6 is 11.8 Å². The first-order valence-electron chi connectivity index (χ1n) is 13.9. The summed E-state index contributed by atoms with van der Waals surface area (Å²) in [6.07, 6.45) is -1.83. The Balaban J connectivity index is 1.68. The van der Waals surface area contributed by atoms with E-state index < -0.39 is 23.5 Å². The highest BCUT2D eigenvalue weighted by atomic mass is 32.2. The number of carbonyl (C=O) groups excluding carboxylic acids is 1. The summed E-state index contributed by atoms with van der Waals surface area (Å²) in [5, 5.41) is 5.24. The number of nitrogens with zero attached hydrogens (tertiary/aromatic N) is 6. The summed E-state index contributed by atoms with van der Waals surface area (Å²) in [6, 6.07) is 5.33. The molecule has 4 aromatic rings. The monoisotopic (exact) mass is 612 g/mol. The van der Waals surface area contributed by atoms with Crippen LogP contribution in [-0.4, -0.2) is 74.8 Å². The van der Waals surface area contributed by atoms with E-state index in [1.165, 1.54) is 29.5 Å². The lowest BCUT2D eigenvalue weighted by molar-refractivity contribution is -0.137. The van der Waals surface area contributed by atoms with Crippen LogP contribution in [0.2, 0.25) is 0 Å². The number of alkyl halides is 3. The van der Waals surface area contributed by atoms with Gasteiger partial charge in [-0.25, -0.2) is 4.79 Å². The second-order valence-electron chi connectivity index (χ2n) is 11.1. The number of aromatic nitrogens is 4. The topological polar surface area (TPSA) is 85.5 Å². The van der Waals surface area contributed by atoms with E-state index in [-0.39, 0.29) is 54.5 Å².